The Morgan fingerprint density at radius 3 is 2.85 bits per heavy atom. The summed E-state index contributed by atoms with van der Waals surface area (Å²) in [7, 11) is 0. The lowest BCUT2D eigenvalue weighted by Gasteiger charge is -2.29. The van der Waals surface area contributed by atoms with Crippen molar-refractivity contribution in [3.05, 3.63) is 55.7 Å². The Hall–Kier alpha value is -0.620. The maximum atomic E-state index is 10.3. The average Bonchev–Trinajstić information content (AvgIpc) is 2.39. The first kappa shape index (κ1) is 14.3. The first-order chi connectivity index (χ1) is 9.54. The fourth-order valence-electron chi connectivity index (χ4n) is 2.25. The molecule has 1 aromatic heterocycles. The number of nitrogens with zero attached hydrogens (tertiary/aromatic N) is 1. The van der Waals surface area contributed by atoms with Crippen LogP contribution in [0.25, 0.3) is 0 Å². The Balaban J connectivity index is 1.97. The van der Waals surface area contributed by atoms with Crippen LogP contribution in [0.4, 0.5) is 0 Å². The summed E-state index contributed by atoms with van der Waals surface area (Å²) in [4.78, 5) is 4.37. The van der Waals surface area contributed by atoms with Crippen LogP contribution in [0, 0.1) is 0 Å². The Labute approximate surface area is 138 Å². The topological polar surface area (TPSA) is 42.4 Å². The van der Waals surface area contributed by atoms with Gasteiger partial charge in [-0.05, 0) is 56.1 Å². The highest BCUT2D eigenvalue weighted by atomic mass is 79.9. The number of hydrogen-bond acceptors (Lipinski definition) is 3. The molecule has 3 nitrogen and oxygen atoms in total. The van der Waals surface area contributed by atoms with Gasteiger partial charge in [0.1, 0.15) is 11.9 Å². The fraction of sp³-hybridized carbons (Fsp3) is 0.214. The van der Waals surface area contributed by atoms with Crippen LogP contribution in [0.15, 0.2) is 39.4 Å². The standard InChI is InChI=1S/C14H10Br2ClNO2/c15-7-3-10(16)14(18-6-7)13-5-11(19)9-4-8(17)1-2-12(9)20-13/h1-4,6,11,13,19H,5H2/t11-,13?/m1/s1. The van der Waals surface area contributed by atoms with Crippen LogP contribution in [0.3, 0.4) is 0 Å². The molecule has 104 valence electrons. The van der Waals surface area contributed by atoms with Gasteiger partial charge in [-0.25, -0.2) is 0 Å². The van der Waals surface area contributed by atoms with Gasteiger partial charge >= 0.3 is 0 Å². The van der Waals surface area contributed by atoms with Crippen LogP contribution in [0.2, 0.25) is 5.02 Å². The molecule has 0 saturated heterocycles. The van der Waals surface area contributed by atoms with E-state index in [1.54, 1.807) is 24.4 Å². The van der Waals surface area contributed by atoms with Crippen LogP contribution in [0.5, 0.6) is 5.75 Å². The summed E-state index contributed by atoms with van der Waals surface area (Å²) < 4.78 is 7.67. The number of aliphatic hydroxyl groups excluding tert-OH is 1. The number of aliphatic hydroxyl groups is 1. The van der Waals surface area contributed by atoms with Crippen molar-refractivity contribution in [1.82, 2.24) is 4.98 Å². The largest absolute Gasteiger partial charge is 0.484 e. The summed E-state index contributed by atoms with van der Waals surface area (Å²) in [5.41, 5.74) is 1.50. The van der Waals surface area contributed by atoms with Gasteiger partial charge in [-0.3, -0.25) is 4.98 Å². The first-order valence-electron chi connectivity index (χ1n) is 5.99. The van der Waals surface area contributed by atoms with Crippen molar-refractivity contribution in [3.8, 4) is 5.75 Å². The van der Waals surface area contributed by atoms with Crippen molar-refractivity contribution in [3.63, 3.8) is 0 Å². The third-order valence-corrected chi connectivity index (χ3v) is 4.48. The smallest absolute Gasteiger partial charge is 0.144 e. The monoisotopic (exact) mass is 417 g/mol. The van der Waals surface area contributed by atoms with Crippen LogP contribution < -0.4 is 4.74 Å². The number of hydrogen-bond donors (Lipinski definition) is 1. The lowest BCUT2D eigenvalue weighted by Crippen LogP contribution is -2.20. The lowest BCUT2D eigenvalue weighted by molar-refractivity contribution is 0.0633. The molecule has 1 aromatic carbocycles. The first-order valence-corrected chi connectivity index (χ1v) is 7.96. The number of pyridine rings is 1. The van der Waals surface area contributed by atoms with Crippen molar-refractivity contribution < 1.29 is 9.84 Å². The van der Waals surface area contributed by atoms with Gasteiger partial charge in [-0.2, -0.15) is 0 Å². The number of fused-ring (bicyclic) bond motifs is 1. The van der Waals surface area contributed by atoms with E-state index in [1.807, 2.05) is 6.07 Å². The van der Waals surface area contributed by atoms with Crippen molar-refractivity contribution >= 4 is 43.5 Å². The van der Waals surface area contributed by atoms with Gasteiger partial charge in [-0.15, -0.1) is 0 Å². The molecule has 6 heteroatoms. The van der Waals surface area contributed by atoms with E-state index >= 15 is 0 Å². The summed E-state index contributed by atoms with van der Waals surface area (Å²) in [6.07, 6.45) is 1.26. The molecule has 0 amide bonds. The predicted octanol–water partition coefficient (Wildman–Crippen LogP) is 4.82. The van der Waals surface area contributed by atoms with Gasteiger partial charge in [0.05, 0.1) is 11.8 Å². The second kappa shape index (κ2) is 5.64. The second-order valence-corrected chi connectivity index (χ2v) is 6.77. The molecule has 0 aliphatic carbocycles. The molecular weight excluding hydrogens is 409 g/mol. The normalized spacial score (nSPS) is 21.2. The fourth-order valence-corrected chi connectivity index (χ4v) is 3.67. The average molecular weight is 420 g/mol. The van der Waals surface area contributed by atoms with E-state index < -0.39 is 6.10 Å². The molecule has 0 radical (unpaired) electrons. The Bertz CT molecular complexity index is 666. The van der Waals surface area contributed by atoms with E-state index in [0.717, 1.165) is 20.2 Å². The second-order valence-electron chi connectivity index (χ2n) is 4.56. The van der Waals surface area contributed by atoms with E-state index in [2.05, 4.69) is 36.8 Å². The number of ether oxygens (including phenoxy) is 1. The third kappa shape index (κ3) is 2.72. The molecule has 0 spiro atoms. The minimum absolute atomic E-state index is 0.291. The predicted molar refractivity (Wildman–Crippen MR) is 84.0 cm³/mol. The number of rotatable bonds is 1. The number of benzene rings is 1. The number of aromatic nitrogens is 1. The van der Waals surface area contributed by atoms with E-state index in [1.165, 1.54) is 0 Å². The Morgan fingerprint density at radius 1 is 1.30 bits per heavy atom. The van der Waals surface area contributed by atoms with Gasteiger partial charge in [0.25, 0.3) is 0 Å². The van der Waals surface area contributed by atoms with Crippen LogP contribution >= 0.6 is 43.5 Å². The van der Waals surface area contributed by atoms with Crippen LogP contribution in [-0.4, -0.2) is 10.1 Å². The number of halogens is 3. The van der Waals surface area contributed by atoms with E-state index in [9.17, 15) is 5.11 Å². The molecule has 0 bridgehead atoms. The van der Waals surface area contributed by atoms with Crippen molar-refractivity contribution in [1.29, 1.82) is 0 Å². The molecule has 2 aromatic rings. The zero-order valence-corrected chi connectivity index (χ0v) is 14.1. The minimum atomic E-state index is -0.611. The van der Waals surface area contributed by atoms with Gasteiger partial charge in [0.15, 0.2) is 0 Å². The molecule has 1 unspecified atom stereocenters. The van der Waals surface area contributed by atoms with Crippen molar-refractivity contribution in [2.45, 2.75) is 18.6 Å². The Kier molecular flexibility index (Phi) is 4.04. The molecule has 1 aliphatic heterocycles. The van der Waals surface area contributed by atoms with E-state index in [0.29, 0.717) is 17.2 Å². The van der Waals surface area contributed by atoms with Crippen molar-refractivity contribution in [2.75, 3.05) is 0 Å². The van der Waals surface area contributed by atoms with Gasteiger partial charge < -0.3 is 9.84 Å². The quantitative estimate of drug-likeness (QED) is 0.721. The summed E-state index contributed by atoms with van der Waals surface area (Å²) in [5.74, 6) is 0.648. The van der Waals surface area contributed by atoms with Crippen LogP contribution in [0.1, 0.15) is 29.9 Å². The van der Waals surface area contributed by atoms with Crippen LogP contribution in [-0.2, 0) is 0 Å². The molecule has 3 rings (SSSR count). The molecule has 1 aliphatic rings. The molecule has 2 heterocycles. The van der Waals surface area contributed by atoms with Gasteiger partial charge in [0, 0.05) is 32.1 Å². The molecule has 0 saturated carbocycles. The molecule has 1 N–H and O–H groups in total. The minimum Gasteiger partial charge on any atom is -0.484 e. The Morgan fingerprint density at radius 2 is 2.10 bits per heavy atom. The maximum Gasteiger partial charge on any atom is 0.144 e. The lowest BCUT2D eigenvalue weighted by atomic mass is 9.97. The molecular formula is C14H10Br2ClNO2. The van der Waals surface area contributed by atoms with E-state index in [4.69, 9.17) is 16.3 Å². The molecule has 2 atom stereocenters. The SMILES string of the molecule is O[C@@H]1CC(c2ncc(Br)cc2Br)Oc2ccc(Cl)cc21. The maximum absolute atomic E-state index is 10.3. The summed E-state index contributed by atoms with van der Waals surface area (Å²) in [6, 6.07) is 7.18. The highest BCUT2D eigenvalue weighted by Gasteiger charge is 2.30. The summed E-state index contributed by atoms with van der Waals surface area (Å²) in [5, 5.41) is 10.9. The van der Waals surface area contributed by atoms with E-state index in [-0.39, 0.29) is 6.10 Å². The summed E-state index contributed by atoms with van der Waals surface area (Å²) >= 11 is 12.8. The molecule has 20 heavy (non-hydrogen) atoms. The van der Waals surface area contributed by atoms with Gasteiger partial charge in [-0.1, -0.05) is 11.6 Å². The van der Waals surface area contributed by atoms with Gasteiger partial charge in [0.2, 0.25) is 0 Å². The third-order valence-electron chi connectivity index (χ3n) is 3.18. The summed E-state index contributed by atoms with van der Waals surface area (Å²) in [6.45, 7) is 0. The molecule has 0 fully saturated rings. The highest BCUT2D eigenvalue weighted by Crippen LogP contribution is 2.42. The highest BCUT2D eigenvalue weighted by molar-refractivity contribution is 9.11. The zero-order chi connectivity index (χ0) is 14.3. The van der Waals surface area contributed by atoms with Crippen molar-refractivity contribution in [2.24, 2.45) is 0 Å². The zero-order valence-electron chi connectivity index (χ0n) is 10.2.